The highest BCUT2D eigenvalue weighted by atomic mass is 32.1. The Bertz CT molecular complexity index is 1350. The van der Waals surface area contributed by atoms with E-state index in [1.807, 2.05) is 28.1 Å². The summed E-state index contributed by atoms with van der Waals surface area (Å²) in [6.07, 6.45) is 5.78. The number of β-amino-alcohol motifs (C(OH)–C–C–N with tert-alkyl or cyclic N) is 1. The minimum Gasteiger partial charge on any atom is -0.388 e. The molecule has 1 N–H and O–H groups in total. The third-order valence-corrected chi connectivity index (χ3v) is 9.22. The van der Waals surface area contributed by atoms with Gasteiger partial charge in [-0.2, -0.15) is 0 Å². The van der Waals surface area contributed by atoms with Crippen LogP contribution < -0.4 is 10.7 Å². The smallest absolute Gasteiger partial charge is 0.226 e. The lowest BCUT2D eigenvalue weighted by molar-refractivity contribution is -0.142. The lowest BCUT2D eigenvalue weighted by Gasteiger charge is -2.44. The van der Waals surface area contributed by atoms with Crippen molar-refractivity contribution in [1.82, 2.24) is 19.7 Å². The number of pyridine rings is 1. The first-order chi connectivity index (χ1) is 18.6. The number of amides is 1. The Hall–Kier alpha value is -3.07. The monoisotopic (exact) mass is 529 g/mol. The number of thiophene rings is 1. The van der Waals surface area contributed by atoms with Crippen LogP contribution in [0.2, 0.25) is 0 Å². The number of carbonyl (C=O) groups is 1. The molecule has 0 saturated carbocycles. The van der Waals surface area contributed by atoms with Gasteiger partial charge in [0.15, 0.2) is 0 Å². The van der Waals surface area contributed by atoms with Crippen LogP contribution in [0.1, 0.15) is 35.6 Å². The van der Waals surface area contributed by atoms with Crippen LogP contribution in [0, 0.1) is 5.92 Å². The fraction of sp³-hybridized carbons (Fsp3) is 0.433. The second-order valence-electron chi connectivity index (χ2n) is 10.9. The van der Waals surface area contributed by atoms with Crippen molar-refractivity contribution in [2.24, 2.45) is 10.9 Å². The first kappa shape index (κ1) is 25.2. The van der Waals surface area contributed by atoms with Gasteiger partial charge in [-0.3, -0.25) is 19.7 Å². The van der Waals surface area contributed by atoms with Crippen molar-refractivity contribution in [2.75, 3.05) is 39.4 Å². The van der Waals surface area contributed by atoms with Crippen LogP contribution >= 0.6 is 11.3 Å². The number of benzene rings is 1. The van der Waals surface area contributed by atoms with Crippen molar-refractivity contribution in [3.63, 3.8) is 0 Å². The molecule has 1 amide bonds. The third-order valence-electron chi connectivity index (χ3n) is 8.22. The van der Waals surface area contributed by atoms with Crippen LogP contribution in [0.25, 0.3) is 6.20 Å². The van der Waals surface area contributed by atoms with Crippen molar-refractivity contribution < 1.29 is 9.90 Å². The Balaban J connectivity index is 1.09. The average Bonchev–Trinajstić information content (AvgIpc) is 3.49. The zero-order valence-electron chi connectivity index (χ0n) is 21.7. The van der Waals surface area contributed by atoms with Gasteiger partial charge in [0.05, 0.1) is 11.0 Å². The van der Waals surface area contributed by atoms with Crippen LogP contribution in [-0.2, 0) is 11.3 Å². The largest absolute Gasteiger partial charge is 0.388 e. The summed E-state index contributed by atoms with van der Waals surface area (Å²) >= 11 is 1.76. The first-order valence-electron chi connectivity index (χ1n) is 13.6. The molecule has 6 rings (SSSR count). The standard InChI is InChI=1S/C30H35N5O2S/c36-29(24-10-14-33(18-23-6-2-1-3-7-23)19-25(24)28-9-5-17-38-28)35-15-11-30(37,12-16-35)21-34-20-27-26(32-22-34)8-4-13-31-27/h1-9,13,17,20,24-25,37H,10-12,14-16,18-19,21-22H2/t24-,25-/m1/s1. The van der Waals surface area contributed by atoms with Gasteiger partial charge >= 0.3 is 0 Å². The van der Waals surface area contributed by atoms with Crippen LogP contribution in [0.15, 0.2) is 71.2 Å². The molecule has 198 valence electrons. The molecule has 2 atom stereocenters. The maximum Gasteiger partial charge on any atom is 0.226 e. The molecule has 2 saturated heterocycles. The Kier molecular flexibility index (Phi) is 7.28. The van der Waals surface area contributed by atoms with Gasteiger partial charge in [-0.15, -0.1) is 11.3 Å². The number of aromatic nitrogens is 1. The second kappa shape index (κ2) is 11.0. The van der Waals surface area contributed by atoms with Gasteiger partial charge in [-0.25, -0.2) is 0 Å². The molecule has 3 aliphatic rings. The highest BCUT2D eigenvalue weighted by Crippen LogP contribution is 2.37. The van der Waals surface area contributed by atoms with Gasteiger partial charge in [0, 0.05) is 61.8 Å². The molecular weight excluding hydrogens is 494 g/mol. The average molecular weight is 530 g/mol. The maximum atomic E-state index is 13.9. The molecule has 0 bridgehead atoms. The number of rotatable bonds is 6. The Morgan fingerprint density at radius 2 is 1.89 bits per heavy atom. The van der Waals surface area contributed by atoms with Gasteiger partial charge in [-0.05, 0) is 54.9 Å². The molecule has 0 aliphatic carbocycles. The van der Waals surface area contributed by atoms with Gasteiger partial charge < -0.3 is 14.9 Å². The molecule has 38 heavy (non-hydrogen) atoms. The zero-order valence-corrected chi connectivity index (χ0v) is 22.5. The van der Waals surface area contributed by atoms with Crippen molar-refractivity contribution in [3.8, 4) is 0 Å². The maximum absolute atomic E-state index is 13.9. The van der Waals surface area contributed by atoms with E-state index in [1.165, 1.54) is 10.4 Å². The zero-order chi connectivity index (χ0) is 26.0. The summed E-state index contributed by atoms with van der Waals surface area (Å²) in [4.78, 5) is 30.7. The van der Waals surface area contributed by atoms with Gasteiger partial charge in [0.25, 0.3) is 0 Å². The van der Waals surface area contributed by atoms with Gasteiger partial charge in [-0.1, -0.05) is 36.4 Å². The van der Waals surface area contributed by atoms with E-state index in [-0.39, 0.29) is 17.7 Å². The van der Waals surface area contributed by atoms with E-state index in [1.54, 1.807) is 17.5 Å². The quantitative estimate of drug-likeness (QED) is 0.531. The van der Waals surface area contributed by atoms with E-state index >= 15 is 0 Å². The molecule has 0 unspecified atom stereocenters. The molecule has 7 nitrogen and oxygen atoms in total. The summed E-state index contributed by atoms with van der Waals surface area (Å²) in [7, 11) is 0. The SMILES string of the molecule is O=C([C@@H]1CCN(Cc2ccccc2)C[C@H]1c1cccs1)N1CCC(O)(CN2C=c3ncccc3=NC2)CC1. The Labute approximate surface area is 227 Å². The molecule has 2 aromatic heterocycles. The minimum atomic E-state index is -0.832. The summed E-state index contributed by atoms with van der Waals surface area (Å²) in [5.41, 5.74) is 0.483. The van der Waals surface area contributed by atoms with Crippen molar-refractivity contribution >= 4 is 23.4 Å². The Morgan fingerprint density at radius 1 is 1.05 bits per heavy atom. The number of hydrogen-bond acceptors (Lipinski definition) is 7. The Morgan fingerprint density at radius 3 is 2.68 bits per heavy atom. The van der Waals surface area contributed by atoms with Gasteiger partial charge in [0.1, 0.15) is 12.0 Å². The number of hydrogen-bond donors (Lipinski definition) is 1. The summed E-state index contributed by atoms with van der Waals surface area (Å²) < 4.78 is 0. The third kappa shape index (κ3) is 5.53. The fourth-order valence-electron chi connectivity index (χ4n) is 6.12. The fourth-order valence-corrected chi connectivity index (χ4v) is 7.01. The highest BCUT2D eigenvalue weighted by Gasteiger charge is 2.41. The molecule has 3 aromatic rings. The van der Waals surface area contributed by atoms with Crippen LogP contribution in [0.3, 0.4) is 0 Å². The molecule has 0 spiro atoms. The number of likely N-dealkylation sites (tertiary alicyclic amines) is 2. The number of carbonyl (C=O) groups excluding carboxylic acids is 1. The van der Waals surface area contributed by atoms with Gasteiger partial charge in [0.2, 0.25) is 5.91 Å². The first-order valence-corrected chi connectivity index (χ1v) is 14.5. The molecular formula is C30H35N5O2S. The number of nitrogens with zero attached hydrogens (tertiary/aromatic N) is 5. The lowest BCUT2D eigenvalue weighted by atomic mass is 9.82. The molecule has 3 aliphatic heterocycles. The number of fused-ring (bicyclic) bond motifs is 1. The highest BCUT2D eigenvalue weighted by molar-refractivity contribution is 7.10. The predicted octanol–water partition coefficient (Wildman–Crippen LogP) is 2.43. The van der Waals surface area contributed by atoms with E-state index in [0.717, 1.165) is 36.8 Å². The van der Waals surface area contributed by atoms with E-state index in [2.05, 4.69) is 62.7 Å². The summed E-state index contributed by atoms with van der Waals surface area (Å²) in [5.74, 6) is 0.448. The summed E-state index contributed by atoms with van der Waals surface area (Å²) in [6, 6.07) is 18.7. The predicted molar refractivity (Wildman–Crippen MR) is 149 cm³/mol. The van der Waals surface area contributed by atoms with Crippen LogP contribution in [0.4, 0.5) is 0 Å². The van der Waals surface area contributed by atoms with Crippen LogP contribution in [-0.4, -0.2) is 75.7 Å². The normalized spacial score (nSPS) is 23.3. The summed E-state index contributed by atoms with van der Waals surface area (Å²) in [6.45, 7) is 4.95. The number of piperidine rings is 2. The van der Waals surface area contributed by atoms with E-state index in [4.69, 9.17) is 0 Å². The second-order valence-corrected chi connectivity index (χ2v) is 11.8. The summed E-state index contributed by atoms with van der Waals surface area (Å²) in [5, 5.41) is 15.2. The molecule has 2 fully saturated rings. The minimum absolute atomic E-state index is 0.0105. The molecule has 0 radical (unpaired) electrons. The van der Waals surface area contributed by atoms with Crippen molar-refractivity contribution in [3.05, 3.63) is 87.3 Å². The van der Waals surface area contributed by atoms with E-state index < -0.39 is 5.60 Å². The molecule has 8 heteroatoms. The topological polar surface area (TPSA) is 72.3 Å². The van der Waals surface area contributed by atoms with Crippen molar-refractivity contribution in [2.45, 2.75) is 37.3 Å². The van der Waals surface area contributed by atoms with Crippen molar-refractivity contribution in [1.29, 1.82) is 0 Å². The number of aliphatic hydroxyl groups is 1. The lowest BCUT2D eigenvalue weighted by Crippen LogP contribution is -2.54. The van der Waals surface area contributed by atoms with E-state index in [9.17, 15) is 9.90 Å². The molecule has 5 heterocycles. The van der Waals surface area contributed by atoms with E-state index in [0.29, 0.717) is 39.1 Å². The van der Waals surface area contributed by atoms with Crippen LogP contribution in [0.5, 0.6) is 0 Å². The molecule has 1 aromatic carbocycles.